The number of sulfonamides is 1. The number of anilines is 1. The summed E-state index contributed by atoms with van der Waals surface area (Å²) in [5.41, 5.74) is 1.72. The Morgan fingerprint density at radius 3 is 2.44 bits per heavy atom. The van der Waals surface area contributed by atoms with Crippen LogP contribution in [-0.4, -0.2) is 34.6 Å². The van der Waals surface area contributed by atoms with Gasteiger partial charge in [0.2, 0.25) is 0 Å². The summed E-state index contributed by atoms with van der Waals surface area (Å²) < 4.78 is 40.2. The van der Waals surface area contributed by atoms with Crippen molar-refractivity contribution < 1.29 is 22.7 Å². The molecule has 4 rings (SSSR count). The zero-order valence-corrected chi connectivity index (χ0v) is 23.9. The second kappa shape index (κ2) is 13.2. The molecular weight excluding hydrogens is 581 g/mol. The molecule has 2 amide bonds. The monoisotopic (exact) mass is 605 g/mol. The lowest BCUT2D eigenvalue weighted by Crippen LogP contribution is -2.32. The van der Waals surface area contributed by atoms with E-state index in [9.17, 15) is 13.2 Å². The van der Waals surface area contributed by atoms with Crippen LogP contribution in [-0.2, 0) is 10.0 Å². The highest BCUT2D eigenvalue weighted by Crippen LogP contribution is 2.40. The zero-order valence-electron chi connectivity index (χ0n) is 20.7. The highest BCUT2D eigenvalue weighted by Gasteiger charge is 2.23. The van der Waals surface area contributed by atoms with Crippen LogP contribution >= 0.6 is 34.5 Å². The number of nitrogens with one attached hydrogen (secondary N) is 3. The van der Waals surface area contributed by atoms with Crippen LogP contribution in [0.25, 0.3) is 11.1 Å². The molecule has 0 fully saturated rings. The molecule has 0 saturated heterocycles. The number of carbonyl (C=O) groups is 1. The number of ether oxygens (including phenoxy) is 2. The summed E-state index contributed by atoms with van der Waals surface area (Å²) in [4.78, 5) is 12.1. The fourth-order valence-corrected chi connectivity index (χ4v) is 6.51. The summed E-state index contributed by atoms with van der Waals surface area (Å²) in [6.07, 6.45) is 0.394. The van der Waals surface area contributed by atoms with Gasteiger partial charge in [-0.25, -0.2) is 17.9 Å². The quantitative estimate of drug-likeness (QED) is 0.159. The van der Waals surface area contributed by atoms with Gasteiger partial charge in [-0.05, 0) is 66.4 Å². The number of halogens is 2. The summed E-state index contributed by atoms with van der Waals surface area (Å²) >= 11 is 13.4. The van der Waals surface area contributed by atoms with Gasteiger partial charge in [0, 0.05) is 34.9 Å². The summed E-state index contributed by atoms with van der Waals surface area (Å²) in [6, 6.07) is 20.3. The second-order valence-electron chi connectivity index (χ2n) is 8.16. The van der Waals surface area contributed by atoms with E-state index in [0.29, 0.717) is 50.5 Å². The van der Waals surface area contributed by atoms with Crippen molar-refractivity contribution in [3.8, 4) is 28.4 Å². The van der Waals surface area contributed by atoms with E-state index < -0.39 is 10.0 Å². The number of para-hydroxylation sites is 1. The fraction of sp³-hybridized carbons (Fsp3) is 0.148. The predicted molar refractivity (Wildman–Crippen MR) is 156 cm³/mol. The van der Waals surface area contributed by atoms with Crippen LogP contribution in [0.5, 0.6) is 17.2 Å². The molecule has 0 aliphatic rings. The summed E-state index contributed by atoms with van der Waals surface area (Å²) in [5, 5.41) is 7.94. The minimum absolute atomic E-state index is 0.140. The number of methoxy groups -OCH3 is 1. The highest BCUT2D eigenvalue weighted by molar-refractivity contribution is 7.91. The molecular formula is C27H25Cl2N3O5S2. The summed E-state index contributed by atoms with van der Waals surface area (Å²) in [6.45, 7) is 0.418. The third-order valence-electron chi connectivity index (χ3n) is 5.44. The molecule has 0 aliphatic heterocycles. The molecule has 0 unspecified atom stereocenters. The molecule has 1 heterocycles. The lowest BCUT2D eigenvalue weighted by atomic mass is 10.1. The van der Waals surface area contributed by atoms with Gasteiger partial charge in [0.05, 0.1) is 12.1 Å². The molecule has 0 bridgehead atoms. The maximum Gasteiger partial charge on any atom is 0.319 e. The number of carbonyl (C=O) groups excluding carboxylic acids is 1. The lowest BCUT2D eigenvalue weighted by molar-refractivity contribution is 0.252. The zero-order chi connectivity index (χ0) is 27.8. The molecule has 4 aromatic rings. The molecule has 0 atom stereocenters. The number of benzene rings is 3. The van der Waals surface area contributed by atoms with Crippen molar-refractivity contribution in [3.05, 3.63) is 88.2 Å². The van der Waals surface area contributed by atoms with Crippen molar-refractivity contribution >= 4 is 56.3 Å². The van der Waals surface area contributed by atoms with Gasteiger partial charge in [-0.15, -0.1) is 11.3 Å². The van der Waals surface area contributed by atoms with Crippen LogP contribution in [0.1, 0.15) is 6.42 Å². The average molecular weight is 607 g/mol. The van der Waals surface area contributed by atoms with Gasteiger partial charge in [0.25, 0.3) is 10.0 Å². The van der Waals surface area contributed by atoms with Gasteiger partial charge in [-0.1, -0.05) is 41.4 Å². The Labute approximate surface area is 240 Å². The standard InChI is InChI=1S/C27H25Cl2N3O5S2/c1-36-20-10-8-19(9-11-20)32-27(33)30-14-4-15-31-39(34,35)26-22(13-16-38-26)21-5-2-3-6-24(21)37-25-12-7-18(28)17-23(25)29/h2-3,5-13,16-17,31H,4,14-15H2,1H3,(H2,30,32,33). The Bertz CT molecular complexity index is 1540. The number of rotatable bonds is 11. The van der Waals surface area contributed by atoms with Crippen LogP contribution < -0.4 is 24.8 Å². The van der Waals surface area contributed by atoms with Crippen LogP contribution in [0.3, 0.4) is 0 Å². The number of thiophene rings is 1. The van der Waals surface area contributed by atoms with Gasteiger partial charge < -0.3 is 20.1 Å². The molecule has 0 radical (unpaired) electrons. The van der Waals surface area contributed by atoms with E-state index in [1.807, 2.05) is 0 Å². The van der Waals surface area contributed by atoms with Gasteiger partial charge >= 0.3 is 6.03 Å². The van der Waals surface area contributed by atoms with Gasteiger partial charge in [-0.3, -0.25) is 0 Å². The van der Waals surface area contributed by atoms with Crippen molar-refractivity contribution in [1.82, 2.24) is 10.0 Å². The number of amides is 2. The first-order valence-corrected chi connectivity index (χ1v) is 14.9. The van der Waals surface area contributed by atoms with Crippen LogP contribution in [0.4, 0.5) is 10.5 Å². The van der Waals surface area contributed by atoms with Crippen molar-refractivity contribution in [2.45, 2.75) is 10.6 Å². The molecule has 8 nitrogen and oxygen atoms in total. The average Bonchev–Trinajstić information content (AvgIpc) is 3.42. The van der Waals surface area contributed by atoms with Crippen LogP contribution in [0.2, 0.25) is 10.0 Å². The Morgan fingerprint density at radius 1 is 0.923 bits per heavy atom. The first-order chi connectivity index (χ1) is 18.8. The van der Waals surface area contributed by atoms with Crippen LogP contribution in [0, 0.1) is 0 Å². The fourth-order valence-electron chi connectivity index (χ4n) is 3.57. The molecule has 12 heteroatoms. The third kappa shape index (κ3) is 7.65. The first kappa shape index (κ1) is 28.7. The van der Waals surface area contributed by atoms with E-state index in [0.717, 1.165) is 11.3 Å². The minimum atomic E-state index is -3.83. The number of hydrogen-bond acceptors (Lipinski definition) is 6. The normalized spacial score (nSPS) is 11.2. The smallest absolute Gasteiger partial charge is 0.319 e. The van der Waals surface area contributed by atoms with Gasteiger partial charge in [0.1, 0.15) is 21.5 Å². The van der Waals surface area contributed by atoms with E-state index in [-0.39, 0.29) is 23.3 Å². The van der Waals surface area contributed by atoms with E-state index in [2.05, 4.69) is 15.4 Å². The molecule has 3 N–H and O–H groups in total. The van der Waals surface area contributed by atoms with E-state index >= 15 is 0 Å². The Balaban J connectivity index is 1.35. The molecule has 3 aromatic carbocycles. The topological polar surface area (TPSA) is 106 Å². The highest BCUT2D eigenvalue weighted by atomic mass is 35.5. The Kier molecular flexibility index (Phi) is 9.71. The van der Waals surface area contributed by atoms with Gasteiger partial charge in [-0.2, -0.15) is 0 Å². The van der Waals surface area contributed by atoms with Crippen LogP contribution in [0.15, 0.2) is 82.4 Å². The molecule has 0 aliphatic carbocycles. The molecule has 1 aromatic heterocycles. The second-order valence-corrected chi connectivity index (χ2v) is 11.9. The third-order valence-corrected chi connectivity index (χ3v) is 8.92. The van der Waals surface area contributed by atoms with E-state index in [1.54, 1.807) is 85.3 Å². The largest absolute Gasteiger partial charge is 0.497 e. The SMILES string of the molecule is COc1ccc(NC(=O)NCCCNS(=O)(=O)c2sccc2-c2ccccc2Oc2ccc(Cl)cc2Cl)cc1. The van der Waals surface area contributed by atoms with E-state index in [4.69, 9.17) is 32.7 Å². The molecule has 0 spiro atoms. The molecule has 204 valence electrons. The van der Waals surface area contributed by atoms with Gasteiger partial charge in [0.15, 0.2) is 0 Å². The predicted octanol–water partition coefficient (Wildman–Crippen LogP) is 7.01. The molecule has 39 heavy (non-hydrogen) atoms. The number of urea groups is 1. The Morgan fingerprint density at radius 2 is 1.69 bits per heavy atom. The summed E-state index contributed by atoms with van der Waals surface area (Å²) in [5.74, 6) is 1.53. The maximum absolute atomic E-state index is 13.2. The lowest BCUT2D eigenvalue weighted by Gasteiger charge is -2.13. The molecule has 0 saturated carbocycles. The van der Waals surface area contributed by atoms with Crippen molar-refractivity contribution in [1.29, 1.82) is 0 Å². The number of hydrogen-bond donors (Lipinski definition) is 3. The minimum Gasteiger partial charge on any atom is -0.497 e. The van der Waals surface area contributed by atoms with Crippen molar-refractivity contribution in [3.63, 3.8) is 0 Å². The summed E-state index contributed by atoms with van der Waals surface area (Å²) in [7, 11) is -2.26. The van der Waals surface area contributed by atoms with E-state index in [1.165, 1.54) is 0 Å². The Hall–Kier alpha value is -3.28. The maximum atomic E-state index is 13.2. The van der Waals surface area contributed by atoms with Crippen molar-refractivity contribution in [2.24, 2.45) is 0 Å². The van der Waals surface area contributed by atoms with Crippen molar-refractivity contribution in [2.75, 3.05) is 25.5 Å². The first-order valence-electron chi connectivity index (χ1n) is 11.7.